The van der Waals surface area contributed by atoms with Gasteiger partial charge in [0.25, 0.3) is 0 Å². The monoisotopic (exact) mass is 235 g/mol. The minimum absolute atomic E-state index is 0.238. The van der Waals surface area contributed by atoms with Crippen molar-refractivity contribution in [3.8, 4) is 5.75 Å². The fraction of sp³-hybridized carbons (Fsp3) is 0.600. The van der Waals surface area contributed by atoms with Crippen LogP contribution in [0.5, 0.6) is 5.75 Å². The molecule has 2 nitrogen and oxygen atoms in total. The van der Waals surface area contributed by atoms with E-state index in [0.717, 1.165) is 18.6 Å². The molecule has 0 amide bonds. The van der Waals surface area contributed by atoms with Crippen molar-refractivity contribution >= 4 is 0 Å². The highest BCUT2D eigenvalue weighted by Crippen LogP contribution is 2.21. The standard InChI is InChI=1S/C15H25NO/c1-5-14(16-4)11-10-13-8-6-7-9-15(13)17-12(2)3/h6-9,12,14,16H,5,10-11H2,1-4H3. The second kappa shape index (κ2) is 7.33. The van der Waals surface area contributed by atoms with Gasteiger partial charge in [-0.15, -0.1) is 0 Å². The van der Waals surface area contributed by atoms with E-state index in [4.69, 9.17) is 4.74 Å². The van der Waals surface area contributed by atoms with Crippen molar-refractivity contribution in [1.82, 2.24) is 5.32 Å². The van der Waals surface area contributed by atoms with Crippen molar-refractivity contribution in [3.05, 3.63) is 29.8 Å². The molecule has 0 bridgehead atoms. The van der Waals surface area contributed by atoms with Crippen molar-refractivity contribution in [2.24, 2.45) is 0 Å². The first kappa shape index (κ1) is 14.0. The first-order chi connectivity index (χ1) is 8.17. The Labute approximate surface area is 105 Å². The van der Waals surface area contributed by atoms with Crippen LogP contribution in [-0.4, -0.2) is 19.2 Å². The molecule has 0 aliphatic carbocycles. The van der Waals surface area contributed by atoms with Crippen LogP contribution in [-0.2, 0) is 6.42 Å². The summed E-state index contributed by atoms with van der Waals surface area (Å²) in [5.41, 5.74) is 1.31. The predicted octanol–water partition coefficient (Wildman–Crippen LogP) is 3.40. The molecule has 0 aliphatic rings. The molecule has 0 radical (unpaired) electrons. The lowest BCUT2D eigenvalue weighted by Gasteiger charge is -2.17. The Balaban J connectivity index is 2.63. The lowest BCUT2D eigenvalue weighted by Crippen LogP contribution is -2.24. The Bertz CT molecular complexity index is 318. The zero-order chi connectivity index (χ0) is 12.7. The highest BCUT2D eigenvalue weighted by atomic mass is 16.5. The van der Waals surface area contributed by atoms with Crippen LogP contribution in [0.1, 0.15) is 39.2 Å². The molecular formula is C15H25NO. The molecule has 1 unspecified atom stereocenters. The van der Waals surface area contributed by atoms with Gasteiger partial charge in [0.2, 0.25) is 0 Å². The number of para-hydroxylation sites is 1. The Kier molecular flexibility index (Phi) is 6.06. The fourth-order valence-corrected chi connectivity index (χ4v) is 1.96. The number of rotatable bonds is 7. The molecule has 0 saturated heterocycles. The zero-order valence-electron chi connectivity index (χ0n) is 11.5. The first-order valence-electron chi connectivity index (χ1n) is 6.59. The van der Waals surface area contributed by atoms with Crippen molar-refractivity contribution in [3.63, 3.8) is 0 Å². The van der Waals surface area contributed by atoms with Crippen LogP contribution >= 0.6 is 0 Å². The van der Waals surface area contributed by atoms with E-state index in [1.165, 1.54) is 12.0 Å². The molecule has 2 heteroatoms. The SMILES string of the molecule is CCC(CCc1ccccc1OC(C)C)NC. The van der Waals surface area contributed by atoms with E-state index in [2.05, 4.69) is 44.3 Å². The summed E-state index contributed by atoms with van der Waals surface area (Å²) in [5, 5.41) is 3.34. The predicted molar refractivity (Wildman–Crippen MR) is 73.7 cm³/mol. The van der Waals surface area contributed by atoms with E-state index < -0.39 is 0 Å². The molecule has 0 aliphatic heterocycles. The molecular weight excluding hydrogens is 210 g/mol. The highest BCUT2D eigenvalue weighted by molar-refractivity contribution is 5.33. The molecule has 1 atom stereocenters. The second-order valence-electron chi connectivity index (χ2n) is 4.71. The molecule has 1 aromatic carbocycles. The number of ether oxygens (including phenoxy) is 1. The van der Waals surface area contributed by atoms with Crippen LogP contribution in [0, 0.1) is 0 Å². The molecule has 96 valence electrons. The van der Waals surface area contributed by atoms with Gasteiger partial charge in [-0.3, -0.25) is 0 Å². The minimum atomic E-state index is 0.238. The van der Waals surface area contributed by atoms with Crippen LogP contribution < -0.4 is 10.1 Å². The summed E-state index contributed by atoms with van der Waals surface area (Å²) in [7, 11) is 2.03. The topological polar surface area (TPSA) is 21.3 Å². The molecule has 1 rings (SSSR count). The van der Waals surface area contributed by atoms with Gasteiger partial charge in [-0.2, -0.15) is 0 Å². The average molecular weight is 235 g/mol. The van der Waals surface area contributed by atoms with E-state index in [-0.39, 0.29) is 6.10 Å². The van der Waals surface area contributed by atoms with E-state index >= 15 is 0 Å². The number of nitrogens with one attached hydrogen (secondary N) is 1. The lowest BCUT2D eigenvalue weighted by molar-refractivity contribution is 0.239. The van der Waals surface area contributed by atoms with Crippen molar-refractivity contribution in [2.75, 3.05) is 7.05 Å². The summed E-state index contributed by atoms with van der Waals surface area (Å²) in [6.45, 7) is 6.36. The van der Waals surface area contributed by atoms with Crippen LogP contribution in [0.3, 0.4) is 0 Å². The average Bonchev–Trinajstić information content (AvgIpc) is 2.31. The van der Waals surface area contributed by atoms with Crippen LogP contribution in [0.4, 0.5) is 0 Å². The van der Waals surface area contributed by atoms with Gasteiger partial charge in [-0.1, -0.05) is 25.1 Å². The molecule has 0 aromatic heterocycles. The van der Waals surface area contributed by atoms with Crippen LogP contribution in [0.25, 0.3) is 0 Å². The first-order valence-corrected chi connectivity index (χ1v) is 6.59. The maximum atomic E-state index is 5.82. The Morgan fingerprint density at radius 3 is 2.53 bits per heavy atom. The van der Waals surface area contributed by atoms with E-state index in [1.807, 2.05) is 13.1 Å². The summed E-state index contributed by atoms with van der Waals surface area (Å²) in [6.07, 6.45) is 3.64. The number of hydrogen-bond acceptors (Lipinski definition) is 2. The smallest absolute Gasteiger partial charge is 0.122 e. The maximum Gasteiger partial charge on any atom is 0.122 e. The van der Waals surface area contributed by atoms with Crippen molar-refractivity contribution < 1.29 is 4.74 Å². The summed E-state index contributed by atoms with van der Waals surface area (Å²) in [4.78, 5) is 0. The Hall–Kier alpha value is -1.02. The summed E-state index contributed by atoms with van der Waals surface area (Å²) >= 11 is 0. The van der Waals surface area contributed by atoms with Crippen molar-refractivity contribution in [2.45, 2.75) is 52.2 Å². The molecule has 1 N–H and O–H groups in total. The molecule has 0 fully saturated rings. The summed E-state index contributed by atoms with van der Waals surface area (Å²) in [6, 6.07) is 8.96. The second-order valence-corrected chi connectivity index (χ2v) is 4.71. The van der Waals surface area contributed by atoms with Gasteiger partial charge in [-0.25, -0.2) is 0 Å². The van der Waals surface area contributed by atoms with Gasteiger partial charge < -0.3 is 10.1 Å². The number of aryl methyl sites for hydroxylation is 1. The third kappa shape index (κ3) is 4.78. The highest BCUT2D eigenvalue weighted by Gasteiger charge is 2.08. The van der Waals surface area contributed by atoms with Gasteiger partial charge in [0.1, 0.15) is 5.75 Å². The normalized spacial score (nSPS) is 12.8. The van der Waals surface area contributed by atoms with E-state index in [1.54, 1.807) is 0 Å². The van der Waals surface area contributed by atoms with Gasteiger partial charge >= 0.3 is 0 Å². The number of hydrogen-bond donors (Lipinski definition) is 1. The maximum absolute atomic E-state index is 5.82. The molecule has 1 aromatic rings. The summed E-state index contributed by atoms with van der Waals surface area (Å²) in [5.74, 6) is 1.04. The van der Waals surface area contributed by atoms with E-state index in [0.29, 0.717) is 6.04 Å². The fourth-order valence-electron chi connectivity index (χ4n) is 1.96. The molecule has 17 heavy (non-hydrogen) atoms. The molecule has 0 saturated carbocycles. The Morgan fingerprint density at radius 1 is 1.24 bits per heavy atom. The van der Waals surface area contributed by atoms with Crippen LogP contribution in [0.15, 0.2) is 24.3 Å². The van der Waals surface area contributed by atoms with Gasteiger partial charge in [0.05, 0.1) is 6.10 Å². The Morgan fingerprint density at radius 2 is 1.94 bits per heavy atom. The third-order valence-electron chi connectivity index (χ3n) is 3.00. The molecule has 0 heterocycles. The van der Waals surface area contributed by atoms with Gasteiger partial charge in [-0.05, 0) is 51.8 Å². The number of benzene rings is 1. The minimum Gasteiger partial charge on any atom is -0.491 e. The third-order valence-corrected chi connectivity index (χ3v) is 3.00. The van der Waals surface area contributed by atoms with Gasteiger partial charge in [0.15, 0.2) is 0 Å². The quantitative estimate of drug-likeness (QED) is 0.782. The zero-order valence-corrected chi connectivity index (χ0v) is 11.5. The van der Waals surface area contributed by atoms with Crippen LogP contribution in [0.2, 0.25) is 0 Å². The van der Waals surface area contributed by atoms with Gasteiger partial charge in [0, 0.05) is 6.04 Å². The molecule has 0 spiro atoms. The largest absolute Gasteiger partial charge is 0.491 e. The summed E-state index contributed by atoms with van der Waals surface area (Å²) < 4.78 is 5.82. The lowest BCUT2D eigenvalue weighted by atomic mass is 10.0. The van der Waals surface area contributed by atoms with Crippen molar-refractivity contribution in [1.29, 1.82) is 0 Å². The van der Waals surface area contributed by atoms with E-state index in [9.17, 15) is 0 Å².